The highest BCUT2D eigenvalue weighted by atomic mass is 16.5. The van der Waals surface area contributed by atoms with Crippen LogP contribution in [0.1, 0.15) is 38.7 Å². The highest BCUT2D eigenvalue weighted by Gasteiger charge is 2.28. The van der Waals surface area contributed by atoms with Gasteiger partial charge in [-0.05, 0) is 43.0 Å². The van der Waals surface area contributed by atoms with E-state index in [0.717, 1.165) is 18.7 Å². The van der Waals surface area contributed by atoms with Crippen molar-refractivity contribution >= 4 is 5.91 Å². The third-order valence-electron chi connectivity index (χ3n) is 5.08. The minimum absolute atomic E-state index is 0.131. The standard InChI is InChI=1S/C19H30N2O2/c1-14-6-5-7-18(15(14)2)20-19(22)13-21(3)12-16-8-10-17(23-4)11-9-16/h8-11,14-15,18H,5-7,12-13H2,1-4H3,(H,20,22). The molecule has 1 fully saturated rings. The van der Waals surface area contributed by atoms with Crippen LogP contribution in [-0.2, 0) is 11.3 Å². The molecule has 0 heterocycles. The molecule has 1 saturated carbocycles. The summed E-state index contributed by atoms with van der Waals surface area (Å²) in [7, 11) is 3.65. The second-order valence-electron chi connectivity index (χ2n) is 6.96. The number of hydrogen-bond donors (Lipinski definition) is 1. The summed E-state index contributed by atoms with van der Waals surface area (Å²) in [5.41, 5.74) is 1.18. The second kappa shape index (κ2) is 8.34. The average molecular weight is 318 g/mol. The molecule has 0 aromatic heterocycles. The molecule has 2 rings (SSSR count). The first kappa shape index (κ1) is 17.8. The summed E-state index contributed by atoms with van der Waals surface area (Å²) in [5.74, 6) is 2.26. The normalized spacial score (nSPS) is 24.5. The molecule has 1 aromatic carbocycles. The highest BCUT2D eigenvalue weighted by Crippen LogP contribution is 2.29. The Bertz CT molecular complexity index is 501. The summed E-state index contributed by atoms with van der Waals surface area (Å²) in [6.07, 6.45) is 3.61. The van der Waals surface area contributed by atoms with Crippen molar-refractivity contribution < 1.29 is 9.53 Å². The van der Waals surface area contributed by atoms with E-state index in [4.69, 9.17) is 4.74 Å². The fourth-order valence-electron chi connectivity index (χ4n) is 3.38. The van der Waals surface area contributed by atoms with Gasteiger partial charge < -0.3 is 10.1 Å². The Morgan fingerprint density at radius 3 is 2.61 bits per heavy atom. The Kier molecular flexibility index (Phi) is 6.46. The van der Waals surface area contributed by atoms with Gasteiger partial charge in [0.05, 0.1) is 13.7 Å². The summed E-state index contributed by atoms with van der Waals surface area (Å²) < 4.78 is 5.16. The van der Waals surface area contributed by atoms with Gasteiger partial charge in [-0.25, -0.2) is 0 Å². The minimum atomic E-state index is 0.131. The third-order valence-corrected chi connectivity index (χ3v) is 5.08. The molecule has 4 heteroatoms. The topological polar surface area (TPSA) is 41.6 Å². The maximum Gasteiger partial charge on any atom is 0.234 e. The number of hydrogen-bond acceptors (Lipinski definition) is 3. The zero-order valence-electron chi connectivity index (χ0n) is 14.8. The highest BCUT2D eigenvalue weighted by molar-refractivity contribution is 5.78. The molecule has 1 aromatic rings. The Hall–Kier alpha value is -1.55. The van der Waals surface area contributed by atoms with E-state index in [1.54, 1.807) is 7.11 Å². The number of benzene rings is 1. The number of amides is 1. The minimum Gasteiger partial charge on any atom is -0.497 e. The Morgan fingerprint density at radius 2 is 1.96 bits per heavy atom. The number of methoxy groups -OCH3 is 1. The van der Waals surface area contributed by atoms with Gasteiger partial charge >= 0.3 is 0 Å². The Balaban J connectivity index is 1.79. The summed E-state index contributed by atoms with van der Waals surface area (Å²) in [5, 5.41) is 3.23. The van der Waals surface area contributed by atoms with E-state index < -0.39 is 0 Å². The predicted octanol–water partition coefficient (Wildman–Crippen LogP) is 3.07. The molecule has 128 valence electrons. The number of carbonyl (C=O) groups is 1. The SMILES string of the molecule is COc1ccc(CN(C)CC(=O)NC2CCCC(C)C2C)cc1. The Labute approximate surface area is 140 Å². The fraction of sp³-hybridized carbons (Fsp3) is 0.632. The smallest absolute Gasteiger partial charge is 0.234 e. The van der Waals surface area contributed by atoms with Gasteiger partial charge in [0.2, 0.25) is 5.91 Å². The molecule has 0 saturated heterocycles. The van der Waals surface area contributed by atoms with Crippen LogP contribution in [0.15, 0.2) is 24.3 Å². The molecule has 23 heavy (non-hydrogen) atoms. The molecule has 0 aliphatic heterocycles. The van der Waals surface area contributed by atoms with Crippen LogP contribution in [-0.4, -0.2) is 37.6 Å². The molecular weight excluding hydrogens is 288 g/mol. The van der Waals surface area contributed by atoms with Crippen LogP contribution in [0.5, 0.6) is 5.75 Å². The van der Waals surface area contributed by atoms with Crippen molar-refractivity contribution in [3.63, 3.8) is 0 Å². The summed E-state index contributed by atoms with van der Waals surface area (Å²) in [4.78, 5) is 14.3. The second-order valence-corrected chi connectivity index (χ2v) is 6.96. The molecule has 1 amide bonds. The van der Waals surface area contributed by atoms with Crippen molar-refractivity contribution in [2.75, 3.05) is 20.7 Å². The van der Waals surface area contributed by atoms with Crippen LogP contribution >= 0.6 is 0 Å². The van der Waals surface area contributed by atoms with Gasteiger partial charge in [0.15, 0.2) is 0 Å². The van der Waals surface area contributed by atoms with Crippen LogP contribution in [0.2, 0.25) is 0 Å². The van der Waals surface area contributed by atoms with Crippen LogP contribution in [0.3, 0.4) is 0 Å². The number of nitrogens with zero attached hydrogens (tertiary/aromatic N) is 1. The maximum absolute atomic E-state index is 12.3. The van der Waals surface area contributed by atoms with E-state index in [2.05, 4.69) is 19.2 Å². The summed E-state index contributed by atoms with van der Waals surface area (Å²) in [6.45, 7) is 5.74. The maximum atomic E-state index is 12.3. The molecule has 3 unspecified atom stereocenters. The molecular formula is C19H30N2O2. The lowest BCUT2D eigenvalue weighted by molar-refractivity contribution is -0.123. The van der Waals surface area contributed by atoms with Crippen LogP contribution in [0, 0.1) is 11.8 Å². The molecule has 0 radical (unpaired) electrons. The number of likely N-dealkylation sites (N-methyl/N-ethyl adjacent to an activating group) is 1. The van der Waals surface area contributed by atoms with Gasteiger partial charge in [-0.1, -0.05) is 38.8 Å². The summed E-state index contributed by atoms with van der Waals surface area (Å²) >= 11 is 0. The molecule has 1 N–H and O–H groups in total. The first-order chi connectivity index (χ1) is 11.0. The molecule has 1 aliphatic rings. The molecule has 4 nitrogen and oxygen atoms in total. The zero-order chi connectivity index (χ0) is 16.8. The number of nitrogens with one attached hydrogen (secondary N) is 1. The Morgan fingerprint density at radius 1 is 1.26 bits per heavy atom. The van der Waals surface area contributed by atoms with Crippen molar-refractivity contribution in [1.29, 1.82) is 0 Å². The largest absolute Gasteiger partial charge is 0.497 e. The van der Waals surface area contributed by atoms with Gasteiger partial charge in [-0.2, -0.15) is 0 Å². The van der Waals surface area contributed by atoms with Crippen molar-refractivity contribution in [2.45, 2.75) is 45.7 Å². The summed E-state index contributed by atoms with van der Waals surface area (Å²) in [6, 6.07) is 8.32. The lowest BCUT2D eigenvalue weighted by Crippen LogP contribution is -2.46. The lowest BCUT2D eigenvalue weighted by Gasteiger charge is -2.35. The van der Waals surface area contributed by atoms with Gasteiger partial charge in [0, 0.05) is 12.6 Å². The van der Waals surface area contributed by atoms with Gasteiger partial charge in [-0.15, -0.1) is 0 Å². The molecule has 1 aliphatic carbocycles. The van der Waals surface area contributed by atoms with Gasteiger partial charge in [0.25, 0.3) is 0 Å². The van der Waals surface area contributed by atoms with Crippen LogP contribution < -0.4 is 10.1 Å². The fourth-order valence-corrected chi connectivity index (χ4v) is 3.38. The molecule has 0 spiro atoms. The van der Waals surface area contributed by atoms with Crippen molar-refractivity contribution in [2.24, 2.45) is 11.8 Å². The van der Waals surface area contributed by atoms with E-state index in [-0.39, 0.29) is 5.91 Å². The van der Waals surface area contributed by atoms with E-state index in [1.807, 2.05) is 36.2 Å². The molecule has 3 atom stereocenters. The number of ether oxygens (including phenoxy) is 1. The van der Waals surface area contributed by atoms with Crippen molar-refractivity contribution in [1.82, 2.24) is 10.2 Å². The van der Waals surface area contributed by atoms with E-state index in [0.29, 0.717) is 24.4 Å². The first-order valence-electron chi connectivity index (χ1n) is 8.60. The molecule has 0 bridgehead atoms. The first-order valence-corrected chi connectivity index (χ1v) is 8.60. The van der Waals surface area contributed by atoms with Crippen LogP contribution in [0.4, 0.5) is 0 Å². The van der Waals surface area contributed by atoms with Gasteiger partial charge in [-0.3, -0.25) is 9.69 Å². The number of rotatable bonds is 6. The van der Waals surface area contributed by atoms with Crippen molar-refractivity contribution in [3.05, 3.63) is 29.8 Å². The quantitative estimate of drug-likeness (QED) is 0.876. The monoisotopic (exact) mass is 318 g/mol. The zero-order valence-corrected chi connectivity index (χ0v) is 14.8. The average Bonchev–Trinajstić information content (AvgIpc) is 2.52. The van der Waals surface area contributed by atoms with E-state index in [9.17, 15) is 4.79 Å². The lowest BCUT2D eigenvalue weighted by atomic mass is 9.78. The van der Waals surface area contributed by atoms with Gasteiger partial charge in [0.1, 0.15) is 5.75 Å². The van der Waals surface area contributed by atoms with E-state index in [1.165, 1.54) is 18.4 Å². The van der Waals surface area contributed by atoms with Crippen molar-refractivity contribution in [3.8, 4) is 5.75 Å². The number of carbonyl (C=O) groups excluding carboxylic acids is 1. The van der Waals surface area contributed by atoms with Crippen LogP contribution in [0.25, 0.3) is 0 Å². The third kappa shape index (κ3) is 5.24. The predicted molar refractivity (Wildman–Crippen MR) is 93.4 cm³/mol. The van der Waals surface area contributed by atoms with E-state index >= 15 is 0 Å².